The fourth-order valence-corrected chi connectivity index (χ4v) is 2.67. The van der Waals surface area contributed by atoms with Gasteiger partial charge in [-0.05, 0) is 48.4 Å². The van der Waals surface area contributed by atoms with E-state index in [1.54, 1.807) is 37.3 Å². The van der Waals surface area contributed by atoms with Crippen LogP contribution < -0.4 is 14.8 Å². The van der Waals surface area contributed by atoms with Crippen LogP contribution in [0.15, 0.2) is 48.5 Å². The number of rotatable bonds is 7. The van der Waals surface area contributed by atoms with Gasteiger partial charge in [-0.25, -0.2) is 4.39 Å². The highest BCUT2D eigenvalue weighted by molar-refractivity contribution is 5.94. The van der Waals surface area contributed by atoms with E-state index in [2.05, 4.69) is 5.32 Å². The Labute approximate surface area is 162 Å². The van der Waals surface area contributed by atoms with E-state index in [4.69, 9.17) is 9.47 Å². The van der Waals surface area contributed by atoms with Crippen LogP contribution in [0.2, 0.25) is 0 Å². The van der Waals surface area contributed by atoms with Crippen molar-refractivity contribution in [3.05, 3.63) is 65.5 Å². The summed E-state index contributed by atoms with van der Waals surface area (Å²) in [5, 5.41) is 2.73. The van der Waals surface area contributed by atoms with Gasteiger partial charge in [0.05, 0.1) is 6.54 Å². The van der Waals surface area contributed by atoms with Gasteiger partial charge in [0.15, 0.2) is 11.5 Å². The van der Waals surface area contributed by atoms with Gasteiger partial charge in [0, 0.05) is 19.2 Å². The number of halogens is 1. The standard InChI is InChI=1S/C21H21FN2O4/c1-2-24(13-20(25)23-12-16-3-7-17(22)8-4-16)21(26)10-6-15-5-9-18-19(11-15)28-14-27-18/h3-11H,2,12-14H2,1H3,(H,23,25)/b10-6+. The Morgan fingerprint density at radius 1 is 1.14 bits per heavy atom. The molecule has 1 aliphatic rings. The first kappa shape index (κ1) is 19.4. The third kappa shape index (κ3) is 5.09. The number of likely N-dealkylation sites (N-methyl/N-ethyl adjacent to an activating group) is 1. The normalized spacial score (nSPS) is 12.2. The first-order valence-electron chi connectivity index (χ1n) is 8.93. The quantitative estimate of drug-likeness (QED) is 0.746. The van der Waals surface area contributed by atoms with Crippen molar-refractivity contribution in [2.45, 2.75) is 13.5 Å². The fraction of sp³-hybridized carbons (Fsp3) is 0.238. The van der Waals surface area contributed by atoms with Gasteiger partial charge in [-0.3, -0.25) is 9.59 Å². The van der Waals surface area contributed by atoms with Gasteiger partial charge in [0.1, 0.15) is 5.82 Å². The van der Waals surface area contributed by atoms with Gasteiger partial charge < -0.3 is 19.7 Å². The third-order valence-electron chi connectivity index (χ3n) is 4.25. The summed E-state index contributed by atoms with van der Waals surface area (Å²) < 4.78 is 23.5. The van der Waals surface area contributed by atoms with Crippen molar-refractivity contribution in [3.8, 4) is 11.5 Å². The molecule has 1 N–H and O–H groups in total. The van der Waals surface area contributed by atoms with Crippen molar-refractivity contribution < 1.29 is 23.5 Å². The molecule has 0 spiro atoms. The summed E-state index contributed by atoms with van der Waals surface area (Å²) in [5.74, 6) is 0.443. The Balaban J connectivity index is 1.52. The molecule has 0 saturated heterocycles. The zero-order valence-electron chi connectivity index (χ0n) is 15.5. The molecule has 6 nitrogen and oxygen atoms in total. The van der Waals surface area contributed by atoms with E-state index in [9.17, 15) is 14.0 Å². The summed E-state index contributed by atoms with van der Waals surface area (Å²) in [4.78, 5) is 25.9. The average molecular weight is 384 g/mol. The van der Waals surface area contributed by atoms with Crippen LogP contribution >= 0.6 is 0 Å². The van der Waals surface area contributed by atoms with Crippen LogP contribution in [0.4, 0.5) is 4.39 Å². The van der Waals surface area contributed by atoms with Gasteiger partial charge >= 0.3 is 0 Å². The Hall–Kier alpha value is -3.35. The molecule has 1 heterocycles. The van der Waals surface area contributed by atoms with Crippen LogP contribution in [0.3, 0.4) is 0 Å². The molecular formula is C21H21FN2O4. The Morgan fingerprint density at radius 3 is 2.64 bits per heavy atom. The largest absolute Gasteiger partial charge is 0.454 e. The molecule has 0 fully saturated rings. The number of amides is 2. The predicted molar refractivity (Wildman–Crippen MR) is 102 cm³/mol. The van der Waals surface area contributed by atoms with Crippen LogP contribution in [0.25, 0.3) is 6.08 Å². The molecule has 2 aromatic rings. The highest BCUT2D eigenvalue weighted by atomic mass is 19.1. The molecule has 0 atom stereocenters. The molecule has 7 heteroatoms. The molecule has 0 saturated carbocycles. The van der Waals surface area contributed by atoms with Crippen molar-refractivity contribution in [3.63, 3.8) is 0 Å². The number of hydrogen-bond donors (Lipinski definition) is 1. The van der Waals surface area contributed by atoms with Gasteiger partial charge in [0.25, 0.3) is 0 Å². The summed E-state index contributed by atoms with van der Waals surface area (Å²) in [5.41, 5.74) is 1.58. The average Bonchev–Trinajstić information content (AvgIpc) is 3.17. The maximum Gasteiger partial charge on any atom is 0.247 e. The zero-order valence-corrected chi connectivity index (χ0v) is 15.5. The highest BCUT2D eigenvalue weighted by Gasteiger charge is 2.14. The SMILES string of the molecule is CCN(CC(=O)NCc1ccc(F)cc1)C(=O)/C=C/c1ccc2c(c1)OCO2. The maximum atomic E-state index is 12.9. The summed E-state index contributed by atoms with van der Waals surface area (Å²) in [6, 6.07) is 11.3. The van der Waals surface area contributed by atoms with E-state index in [-0.39, 0.29) is 37.5 Å². The molecule has 3 rings (SSSR count). The molecule has 0 aliphatic carbocycles. The second-order valence-electron chi connectivity index (χ2n) is 6.20. The van der Waals surface area contributed by atoms with Crippen molar-refractivity contribution in [2.24, 2.45) is 0 Å². The molecule has 28 heavy (non-hydrogen) atoms. The third-order valence-corrected chi connectivity index (χ3v) is 4.25. The lowest BCUT2D eigenvalue weighted by Crippen LogP contribution is -2.39. The van der Waals surface area contributed by atoms with E-state index < -0.39 is 0 Å². The van der Waals surface area contributed by atoms with Crippen LogP contribution in [0.1, 0.15) is 18.1 Å². The number of fused-ring (bicyclic) bond motifs is 1. The molecule has 2 amide bonds. The summed E-state index contributed by atoms with van der Waals surface area (Å²) in [7, 11) is 0. The minimum atomic E-state index is -0.327. The lowest BCUT2D eigenvalue weighted by atomic mass is 10.2. The molecule has 0 aromatic heterocycles. The van der Waals surface area contributed by atoms with E-state index in [0.717, 1.165) is 11.1 Å². The minimum absolute atomic E-state index is 0.0536. The van der Waals surface area contributed by atoms with Gasteiger partial charge in [-0.1, -0.05) is 18.2 Å². The topological polar surface area (TPSA) is 67.9 Å². The molecule has 0 radical (unpaired) electrons. The van der Waals surface area contributed by atoms with E-state index in [1.807, 2.05) is 6.07 Å². The molecule has 0 unspecified atom stereocenters. The van der Waals surface area contributed by atoms with Gasteiger partial charge in [-0.15, -0.1) is 0 Å². The number of benzene rings is 2. The van der Waals surface area contributed by atoms with Gasteiger partial charge in [-0.2, -0.15) is 0 Å². The number of carbonyl (C=O) groups excluding carboxylic acids is 2. The van der Waals surface area contributed by atoms with Crippen LogP contribution in [-0.2, 0) is 16.1 Å². The number of nitrogens with one attached hydrogen (secondary N) is 1. The zero-order chi connectivity index (χ0) is 19.9. The minimum Gasteiger partial charge on any atom is -0.454 e. The number of ether oxygens (including phenoxy) is 2. The van der Waals surface area contributed by atoms with E-state index >= 15 is 0 Å². The summed E-state index contributed by atoms with van der Waals surface area (Å²) >= 11 is 0. The van der Waals surface area contributed by atoms with Crippen LogP contribution in [0.5, 0.6) is 11.5 Å². The van der Waals surface area contributed by atoms with Crippen molar-refractivity contribution in [1.29, 1.82) is 0 Å². The van der Waals surface area contributed by atoms with E-state index in [0.29, 0.717) is 18.0 Å². The second-order valence-corrected chi connectivity index (χ2v) is 6.20. The lowest BCUT2D eigenvalue weighted by molar-refractivity contribution is -0.132. The van der Waals surface area contributed by atoms with Crippen LogP contribution in [0, 0.1) is 5.82 Å². The second kappa shape index (κ2) is 9.03. The Morgan fingerprint density at radius 2 is 1.89 bits per heavy atom. The number of nitrogens with zero attached hydrogens (tertiary/aromatic N) is 1. The molecular weight excluding hydrogens is 363 g/mol. The summed E-state index contributed by atoms with van der Waals surface area (Å²) in [6.45, 7) is 2.62. The number of carbonyl (C=O) groups is 2. The molecule has 2 aromatic carbocycles. The highest BCUT2D eigenvalue weighted by Crippen LogP contribution is 2.32. The maximum absolute atomic E-state index is 12.9. The molecule has 1 aliphatic heterocycles. The predicted octanol–water partition coefficient (Wildman–Crippen LogP) is 2.73. The Kier molecular flexibility index (Phi) is 6.26. The first-order chi connectivity index (χ1) is 13.5. The van der Waals surface area contributed by atoms with Gasteiger partial charge in [0.2, 0.25) is 18.6 Å². The van der Waals surface area contributed by atoms with Crippen LogP contribution in [-0.4, -0.2) is 36.6 Å². The molecule has 146 valence electrons. The van der Waals surface area contributed by atoms with Crippen molar-refractivity contribution in [2.75, 3.05) is 19.9 Å². The van der Waals surface area contributed by atoms with Crippen molar-refractivity contribution in [1.82, 2.24) is 10.2 Å². The molecule has 0 bridgehead atoms. The first-order valence-corrected chi connectivity index (χ1v) is 8.93. The number of hydrogen-bond acceptors (Lipinski definition) is 4. The Bertz CT molecular complexity index is 880. The summed E-state index contributed by atoms with van der Waals surface area (Å²) in [6.07, 6.45) is 3.09. The van der Waals surface area contributed by atoms with E-state index in [1.165, 1.54) is 23.1 Å². The lowest BCUT2D eigenvalue weighted by Gasteiger charge is -2.18. The smallest absolute Gasteiger partial charge is 0.247 e. The van der Waals surface area contributed by atoms with Crippen molar-refractivity contribution >= 4 is 17.9 Å². The fourth-order valence-electron chi connectivity index (χ4n) is 2.67. The monoisotopic (exact) mass is 384 g/mol.